The fourth-order valence-corrected chi connectivity index (χ4v) is 4.80. The number of benzene rings is 1. The van der Waals surface area contributed by atoms with Crippen LogP contribution in [0.1, 0.15) is 24.0 Å². The Hall–Kier alpha value is -1.82. The average Bonchev–Trinajstić information content (AvgIpc) is 3.35. The highest BCUT2D eigenvalue weighted by atomic mass is 35.5. The molecule has 2 atom stereocenters. The van der Waals surface area contributed by atoms with Crippen molar-refractivity contribution in [2.75, 3.05) is 19.9 Å². The van der Waals surface area contributed by atoms with Crippen molar-refractivity contribution in [3.63, 3.8) is 0 Å². The van der Waals surface area contributed by atoms with E-state index in [1.807, 2.05) is 30.6 Å². The third-order valence-electron chi connectivity index (χ3n) is 5.83. The third kappa shape index (κ3) is 2.94. The SMILES string of the molecule is Clc1cc2c(cc1CN1CC[C@H]3[C@@H]1CCN3Cc1cccnc1)OCO2. The molecule has 0 aliphatic carbocycles. The van der Waals surface area contributed by atoms with Crippen LogP contribution in [0.2, 0.25) is 5.02 Å². The van der Waals surface area contributed by atoms with Gasteiger partial charge in [0.1, 0.15) is 0 Å². The first kappa shape index (κ1) is 16.4. The lowest BCUT2D eigenvalue weighted by atomic mass is 10.1. The second-order valence-electron chi connectivity index (χ2n) is 7.31. The maximum Gasteiger partial charge on any atom is 0.231 e. The fourth-order valence-electron chi connectivity index (χ4n) is 4.58. The van der Waals surface area contributed by atoms with Gasteiger partial charge in [-0.1, -0.05) is 17.7 Å². The van der Waals surface area contributed by atoms with E-state index in [9.17, 15) is 0 Å². The lowest BCUT2D eigenvalue weighted by molar-refractivity contribution is 0.174. The maximum atomic E-state index is 6.49. The summed E-state index contributed by atoms with van der Waals surface area (Å²) in [7, 11) is 0. The number of halogens is 1. The Bertz CT molecular complexity index is 801. The number of hydrogen-bond donors (Lipinski definition) is 0. The molecule has 0 N–H and O–H groups in total. The molecule has 5 rings (SSSR count). The number of likely N-dealkylation sites (tertiary alicyclic amines) is 2. The summed E-state index contributed by atoms with van der Waals surface area (Å²) in [5.41, 5.74) is 2.42. The van der Waals surface area contributed by atoms with E-state index in [0.717, 1.165) is 48.3 Å². The zero-order valence-corrected chi connectivity index (χ0v) is 15.4. The van der Waals surface area contributed by atoms with Crippen molar-refractivity contribution in [3.8, 4) is 11.5 Å². The minimum atomic E-state index is 0.285. The van der Waals surface area contributed by atoms with Crippen LogP contribution in [0.25, 0.3) is 0 Å². The van der Waals surface area contributed by atoms with E-state index in [1.54, 1.807) is 0 Å². The molecule has 1 aromatic heterocycles. The molecule has 6 heteroatoms. The highest BCUT2D eigenvalue weighted by Crippen LogP contribution is 2.39. The minimum Gasteiger partial charge on any atom is -0.454 e. The van der Waals surface area contributed by atoms with Crippen LogP contribution in [0, 0.1) is 0 Å². The standard InChI is InChI=1S/C20H22ClN3O2/c21-16-9-20-19(25-13-26-20)8-15(16)12-24-7-4-17-18(24)3-6-23(17)11-14-2-1-5-22-10-14/h1-2,5,8-10,17-18H,3-4,6-7,11-13H2/t17-,18-/m0/s1. The second kappa shape index (κ2) is 6.72. The highest BCUT2D eigenvalue weighted by Gasteiger charge is 2.42. The van der Waals surface area contributed by atoms with Crippen LogP contribution in [0.3, 0.4) is 0 Å². The van der Waals surface area contributed by atoms with E-state index < -0.39 is 0 Å². The largest absolute Gasteiger partial charge is 0.454 e. The third-order valence-corrected chi connectivity index (χ3v) is 6.18. The molecule has 0 saturated carbocycles. The van der Waals surface area contributed by atoms with Gasteiger partial charge in [0.25, 0.3) is 0 Å². The molecule has 0 unspecified atom stereocenters. The van der Waals surface area contributed by atoms with E-state index in [4.69, 9.17) is 21.1 Å². The van der Waals surface area contributed by atoms with Crippen molar-refractivity contribution in [3.05, 3.63) is 52.8 Å². The number of aromatic nitrogens is 1. The van der Waals surface area contributed by atoms with E-state index in [0.29, 0.717) is 12.1 Å². The molecule has 3 aliphatic rings. The Balaban J connectivity index is 1.28. The molecule has 3 aliphatic heterocycles. The molecule has 1 aromatic carbocycles. The van der Waals surface area contributed by atoms with Crippen LogP contribution in [0.4, 0.5) is 0 Å². The molecule has 4 heterocycles. The quantitative estimate of drug-likeness (QED) is 0.824. The normalized spacial score (nSPS) is 25.0. The van der Waals surface area contributed by atoms with E-state index in [-0.39, 0.29) is 6.79 Å². The molecular formula is C20H22ClN3O2. The van der Waals surface area contributed by atoms with Gasteiger partial charge in [-0.2, -0.15) is 0 Å². The van der Waals surface area contributed by atoms with Crippen LogP contribution >= 0.6 is 11.6 Å². The van der Waals surface area contributed by atoms with Gasteiger partial charge in [0, 0.05) is 61.7 Å². The molecular weight excluding hydrogens is 350 g/mol. The molecule has 0 spiro atoms. The van der Waals surface area contributed by atoms with Gasteiger partial charge in [0.05, 0.1) is 0 Å². The zero-order valence-electron chi connectivity index (χ0n) is 14.6. The first-order chi connectivity index (χ1) is 12.8. The first-order valence-electron chi connectivity index (χ1n) is 9.23. The summed E-state index contributed by atoms with van der Waals surface area (Å²) in [5, 5.41) is 0.767. The summed E-state index contributed by atoms with van der Waals surface area (Å²) in [4.78, 5) is 9.44. The minimum absolute atomic E-state index is 0.285. The lowest BCUT2D eigenvalue weighted by Crippen LogP contribution is -2.36. The van der Waals surface area contributed by atoms with E-state index in [1.165, 1.54) is 18.4 Å². The van der Waals surface area contributed by atoms with Gasteiger partial charge < -0.3 is 9.47 Å². The molecule has 26 heavy (non-hydrogen) atoms. The molecule has 5 nitrogen and oxygen atoms in total. The van der Waals surface area contributed by atoms with Crippen LogP contribution < -0.4 is 9.47 Å². The van der Waals surface area contributed by atoms with Crippen molar-refractivity contribution >= 4 is 11.6 Å². The van der Waals surface area contributed by atoms with Crippen molar-refractivity contribution in [1.29, 1.82) is 0 Å². The number of rotatable bonds is 4. The number of pyridine rings is 1. The first-order valence-corrected chi connectivity index (χ1v) is 9.61. The highest BCUT2D eigenvalue weighted by molar-refractivity contribution is 6.31. The summed E-state index contributed by atoms with van der Waals surface area (Å²) in [6.45, 7) is 4.41. The summed E-state index contributed by atoms with van der Waals surface area (Å²) in [5.74, 6) is 1.56. The fraction of sp³-hybridized carbons (Fsp3) is 0.450. The van der Waals surface area contributed by atoms with Crippen LogP contribution in [0.5, 0.6) is 11.5 Å². The van der Waals surface area contributed by atoms with Crippen molar-refractivity contribution < 1.29 is 9.47 Å². The zero-order chi connectivity index (χ0) is 17.5. The topological polar surface area (TPSA) is 37.8 Å². The smallest absolute Gasteiger partial charge is 0.231 e. The van der Waals surface area contributed by atoms with Crippen molar-refractivity contribution in [2.24, 2.45) is 0 Å². The Morgan fingerprint density at radius 3 is 2.50 bits per heavy atom. The summed E-state index contributed by atoms with van der Waals surface area (Å²) >= 11 is 6.49. The lowest BCUT2D eigenvalue weighted by Gasteiger charge is -2.26. The van der Waals surface area contributed by atoms with Gasteiger partial charge in [0.15, 0.2) is 11.5 Å². The van der Waals surface area contributed by atoms with E-state index in [2.05, 4.69) is 20.9 Å². The Labute approximate surface area is 158 Å². The Morgan fingerprint density at radius 1 is 1.04 bits per heavy atom. The van der Waals surface area contributed by atoms with Gasteiger partial charge in [-0.15, -0.1) is 0 Å². The van der Waals surface area contributed by atoms with Gasteiger partial charge in [-0.25, -0.2) is 0 Å². The monoisotopic (exact) mass is 371 g/mol. The predicted octanol–water partition coefficient (Wildman–Crippen LogP) is 3.31. The summed E-state index contributed by atoms with van der Waals surface area (Å²) in [6.07, 6.45) is 6.25. The molecule has 136 valence electrons. The number of hydrogen-bond acceptors (Lipinski definition) is 5. The molecule has 2 aromatic rings. The Kier molecular flexibility index (Phi) is 4.23. The van der Waals surface area contributed by atoms with Crippen LogP contribution in [0.15, 0.2) is 36.7 Å². The van der Waals surface area contributed by atoms with E-state index >= 15 is 0 Å². The molecule has 0 radical (unpaired) electrons. The van der Waals surface area contributed by atoms with Gasteiger partial charge in [-0.3, -0.25) is 14.8 Å². The Morgan fingerprint density at radius 2 is 1.77 bits per heavy atom. The summed E-state index contributed by atoms with van der Waals surface area (Å²) < 4.78 is 10.9. The second-order valence-corrected chi connectivity index (χ2v) is 7.72. The summed E-state index contributed by atoms with van der Waals surface area (Å²) in [6, 6.07) is 9.35. The van der Waals surface area contributed by atoms with Gasteiger partial charge in [-0.05, 0) is 36.1 Å². The van der Waals surface area contributed by atoms with Gasteiger partial charge >= 0.3 is 0 Å². The van der Waals surface area contributed by atoms with Crippen LogP contribution in [-0.4, -0.2) is 46.7 Å². The predicted molar refractivity (Wildman–Crippen MR) is 99.4 cm³/mol. The average molecular weight is 372 g/mol. The van der Waals surface area contributed by atoms with Crippen LogP contribution in [-0.2, 0) is 13.1 Å². The molecule has 0 bridgehead atoms. The molecule has 2 saturated heterocycles. The maximum absolute atomic E-state index is 6.49. The molecule has 2 fully saturated rings. The van der Waals surface area contributed by atoms with Crippen molar-refractivity contribution in [1.82, 2.24) is 14.8 Å². The van der Waals surface area contributed by atoms with Gasteiger partial charge in [0.2, 0.25) is 6.79 Å². The molecule has 0 amide bonds. The number of nitrogens with zero attached hydrogens (tertiary/aromatic N) is 3. The number of ether oxygens (including phenoxy) is 2. The number of fused-ring (bicyclic) bond motifs is 2. The van der Waals surface area contributed by atoms with Crippen molar-refractivity contribution in [2.45, 2.75) is 38.0 Å².